The minimum atomic E-state index is -0.689. The molecule has 1 heterocycles. The average molecular weight is 141 g/mol. The molecule has 0 amide bonds. The average Bonchev–Trinajstić information content (AvgIpc) is 1.80. The summed E-state index contributed by atoms with van der Waals surface area (Å²) in [7, 11) is 5.21. The smallest absolute Gasteiger partial charge is 0.228 e. The molecule has 2 radical (unpaired) electrons. The van der Waals surface area contributed by atoms with Gasteiger partial charge in [0.1, 0.15) is 7.85 Å². The Kier molecular flexibility index (Phi) is 1.71. The Morgan fingerprint density at radius 2 is 2.33 bits per heavy atom. The molecule has 1 aromatic rings. The van der Waals surface area contributed by atoms with Crippen LogP contribution in [0.3, 0.4) is 0 Å². The van der Waals surface area contributed by atoms with E-state index in [1.807, 2.05) is 0 Å². The molecule has 0 aromatic carbocycles. The van der Waals surface area contributed by atoms with Crippen molar-refractivity contribution in [3.8, 4) is 0 Å². The van der Waals surface area contributed by atoms with Crippen LogP contribution in [0.1, 0.15) is 0 Å². The lowest BCUT2D eigenvalue weighted by atomic mass is 9.99. The maximum absolute atomic E-state index is 12.2. The standard InChI is InChI=1S/C5H2BClFN/c6-3-1-4(7)5(8)9-2-3/h1-2H. The van der Waals surface area contributed by atoms with Crippen LogP contribution in [0.5, 0.6) is 0 Å². The molecule has 0 N–H and O–H groups in total. The maximum atomic E-state index is 12.2. The molecular formula is C5H2BClFN. The normalized spacial score (nSPS) is 9.56. The van der Waals surface area contributed by atoms with E-state index in [0.717, 1.165) is 0 Å². The largest absolute Gasteiger partial charge is 0.231 e. The molecule has 0 aliphatic carbocycles. The van der Waals surface area contributed by atoms with Gasteiger partial charge in [0.05, 0.1) is 5.02 Å². The van der Waals surface area contributed by atoms with E-state index in [4.69, 9.17) is 19.4 Å². The van der Waals surface area contributed by atoms with E-state index in [1.165, 1.54) is 12.3 Å². The second kappa shape index (κ2) is 2.35. The molecular weight excluding hydrogens is 139 g/mol. The van der Waals surface area contributed by atoms with Crippen LogP contribution in [-0.2, 0) is 0 Å². The van der Waals surface area contributed by atoms with Gasteiger partial charge < -0.3 is 0 Å². The van der Waals surface area contributed by atoms with E-state index in [9.17, 15) is 4.39 Å². The molecule has 0 saturated heterocycles. The molecule has 0 spiro atoms. The molecule has 1 aromatic heterocycles. The quantitative estimate of drug-likeness (QED) is 0.382. The van der Waals surface area contributed by atoms with E-state index in [0.29, 0.717) is 5.46 Å². The Morgan fingerprint density at radius 1 is 1.67 bits per heavy atom. The van der Waals surface area contributed by atoms with Crippen LogP contribution < -0.4 is 5.46 Å². The van der Waals surface area contributed by atoms with Crippen LogP contribution in [0.15, 0.2) is 12.3 Å². The summed E-state index contributed by atoms with van der Waals surface area (Å²) in [5, 5.41) is -0.0463. The lowest BCUT2D eigenvalue weighted by molar-refractivity contribution is 0.585. The number of hydrogen-bond acceptors (Lipinski definition) is 1. The van der Waals surface area contributed by atoms with E-state index in [2.05, 4.69) is 4.98 Å². The van der Waals surface area contributed by atoms with Crippen molar-refractivity contribution in [2.75, 3.05) is 0 Å². The molecule has 44 valence electrons. The second-order valence-electron chi connectivity index (χ2n) is 1.54. The number of rotatable bonds is 0. The third-order valence-corrected chi connectivity index (χ3v) is 1.08. The molecule has 1 rings (SSSR count). The van der Waals surface area contributed by atoms with Crippen molar-refractivity contribution in [3.63, 3.8) is 0 Å². The first-order valence-electron chi connectivity index (χ1n) is 2.26. The summed E-state index contributed by atoms with van der Waals surface area (Å²) in [6.45, 7) is 0. The summed E-state index contributed by atoms with van der Waals surface area (Å²) in [5.41, 5.74) is 0.362. The number of halogens is 2. The predicted molar refractivity (Wildman–Crippen MR) is 34.6 cm³/mol. The van der Waals surface area contributed by atoms with Gasteiger partial charge in [-0.05, 0) is 6.07 Å². The van der Waals surface area contributed by atoms with Gasteiger partial charge in [0.2, 0.25) is 5.95 Å². The van der Waals surface area contributed by atoms with E-state index < -0.39 is 5.95 Å². The number of nitrogens with zero attached hydrogens (tertiary/aromatic N) is 1. The zero-order valence-corrected chi connectivity index (χ0v) is 5.19. The summed E-state index contributed by atoms with van der Waals surface area (Å²) < 4.78 is 12.2. The predicted octanol–water partition coefficient (Wildman–Crippen LogP) is 0.668. The SMILES string of the molecule is [B]c1cnc(F)c(Cl)c1. The lowest BCUT2D eigenvalue weighted by Gasteiger charge is -1.92. The van der Waals surface area contributed by atoms with Gasteiger partial charge in [-0.2, -0.15) is 4.39 Å². The first-order valence-corrected chi connectivity index (χ1v) is 2.64. The highest BCUT2D eigenvalue weighted by atomic mass is 35.5. The maximum Gasteiger partial charge on any atom is 0.231 e. The lowest BCUT2D eigenvalue weighted by Crippen LogP contribution is -2.03. The monoisotopic (exact) mass is 141 g/mol. The molecule has 0 aliphatic rings. The highest BCUT2D eigenvalue weighted by Gasteiger charge is 1.97. The third kappa shape index (κ3) is 1.42. The van der Waals surface area contributed by atoms with Gasteiger partial charge in [-0.3, -0.25) is 0 Å². The zero-order valence-electron chi connectivity index (χ0n) is 4.44. The molecule has 0 unspecified atom stereocenters. The van der Waals surface area contributed by atoms with Crippen molar-refractivity contribution in [2.24, 2.45) is 0 Å². The third-order valence-electron chi connectivity index (χ3n) is 0.817. The zero-order chi connectivity index (χ0) is 6.85. The molecule has 4 heteroatoms. The first-order chi connectivity index (χ1) is 4.20. The van der Waals surface area contributed by atoms with Crippen molar-refractivity contribution in [2.45, 2.75) is 0 Å². The van der Waals surface area contributed by atoms with Crippen molar-refractivity contribution < 1.29 is 4.39 Å². The summed E-state index contributed by atoms with van der Waals surface area (Å²) in [6, 6.07) is 1.31. The van der Waals surface area contributed by atoms with Crippen molar-refractivity contribution in [1.82, 2.24) is 4.98 Å². The van der Waals surface area contributed by atoms with E-state index in [-0.39, 0.29) is 5.02 Å². The Morgan fingerprint density at radius 3 is 2.78 bits per heavy atom. The second-order valence-corrected chi connectivity index (χ2v) is 1.95. The highest BCUT2D eigenvalue weighted by Crippen LogP contribution is 2.07. The fourth-order valence-electron chi connectivity index (χ4n) is 0.436. The van der Waals surface area contributed by atoms with E-state index >= 15 is 0 Å². The fourth-order valence-corrected chi connectivity index (χ4v) is 0.611. The number of hydrogen-bond donors (Lipinski definition) is 0. The van der Waals surface area contributed by atoms with Crippen LogP contribution in [0.25, 0.3) is 0 Å². The van der Waals surface area contributed by atoms with Crippen LogP contribution in [-0.4, -0.2) is 12.8 Å². The topological polar surface area (TPSA) is 12.9 Å². The molecule has 1 nitrogen and oxygen atoms in total. The van der Waals surface area contributed by atoms with Gasteiger partial charge in [0, 0.05) is 6.20 Å². The van der Waals surface area contributed by atoms with Crippen molar-refractivity contribution in [3.05, 3.63) is 23.2 Å². The molecule has 9 heavy (non-hydrogen) atoms. The van der Waals surface area contributed by atoms with Crippen molar-refractivity contribution in [1.29, 1.82) is 0 Å². The van der Waals surface area contributed by atoms with Crippen LogP contribution >= 0.6 is 11.6 Å². The van der Waals surface area contributed by atoms with Crippen LogP contribution in [0.4, 0.5) is 4.39 Å². The van der Waals surface area contributed by atoms with Crippen molar-refractivity contribution >= 4 is 24.9 Å². The Balaban J connectivity index is 3.17. The number of aromatic nitrogens is 1. The molecule has 0 aliphatic heterocycles. The molecule has 0 bridgehead atoms. The molecule has 0 saturated carbocycles. The van der Waals surface area contributed by atoms with E-state index in [1.54, 1.807) is 0 Å². The minimum absolute atomic E-state index is 0.0463. The van der Waals surface area contributed by atoms with Gasteiger partial charge >= 0.3 is 0 Å². The summed E-state index contributed by atoms with van der Waals surface area (Å²) in [4.78, 5) is 3.25. The number of pyridine rings is 1. The fraction of sp³-hybridized carbons (Fsp3) is 0. The van der Waals surface area contributed by atoms with Gasteiger partial charge in [-0.25, -0.2) is 4.98 Å². The minimum Gasteiger partial charge on any atom is -0.228 e. The Hall–Kier alpha value is -0.565. The van der Waals surface area contributed by atoms with Gasteiger partial charge in [0.15, 0.2) is 0 Å². The summed E-state index contributed by atoms with van der Waals surface area (Å²) in [6.07, 6.45) is 1.21. The molecule has 0 fully saturated rings. The summed E-state index contributed by atoms with van der Waals surface area (Å²) >= 11 is 5.30. The van der Waals surface area contributed by atoms with Gasteiger partial charge in [0.25, 0.3) is 0 Å². The Labute approximate surface area is 58.3 Å². The highest BCUT2D eigenvalue weighted by molar-refractivity contribution is 6.35. The van der Waals surface area contributed by atoms with Gasteiger partial charge in [-0.15, -0.1) is 0 Å². The first kappa shape index (κ1) is 6.55. The van der Waals surface area contributed by atoms with Crippen LogP contribution in [0.2, 0.25) is 5.02 Å². The molecule has 0 atom stereocenters. The summed E-state index contributed by atoms with van der Waals surface area (Å²) in [5.74, 6) is -0.689. The Bertz CT molecular complexity index is 228. The van der Waals surface area contributed by atoms with Crippen LogP contribution in [0, 0.1) is 5.95 Å². The van der Waals surface area contributed by atoms with Gasteiger partial charge in [-0.1, -0.05) is 17.1 Å².